The quantitative estimate of drug-likeness (QED) is 0.885. The first-order valence-electron chi connectivity index (χ1n) is 6.72. The number of carboxylic acids is 1. The van der Waals surface area contributed by atoms with Crippen molar-refractivity contribution in [2.45, 2.75) is 25.7 Å². The molecule has 0 aromatic heterocycles. The van der Waals surface area contributed by atoms with Crippen molar-refractivity contribution in [2.24, 2.45) is 5.41 Å². The van der Waals surface area contributed by atoms with Gasteiger partial charge in [-0.15, -0.1) is 0 Å². The molecule has 1 N–H and O–H groups in total. The van der Waals surface area contributed by atoms with Crippen LogP contribution >= 0.6 is 0 Å². The summed E-state index contributed by atoms with van der Waals surface area (Å²) in [5.41, 5.74) is 2.30. The Morgan fingerprint density at radius 2 is 1.89 bits per heavy atom. The number of carbonyl (C=O) groups is 1. The molecule has 3 nitrogen and oxygen atoms in total. The predicted octanol–water partition coefficient (Wildman–Crippen LogP) is 2.41. The van der Waals surface area contributed by atoms with Gasteiger partial charge in [0.25, 0.3) is 0 Å². The van der Waals surface area contributed by atoms with E-state index in [1.807, 2.05) is 12.1 Å². The lowest BCUT2D eigenvalue weighted by atomic mass is 9.63. The molecule has 2 aliphatic rings. The van der Waals surface area contributed by atoms with Crippen LogP contribution in [0.4, 0.5) is 0 Å². The third-order valence-electron chi connectivity index (χ3n) is 4.45. The van der Waals surface area contributed by atoms with Gasteiger partial charge in [-0.05, 0) is 42.4 Å². The topological polar surface area (TPSA) is 40.5 Å². The Labute approximate surface area is 107 Å². The number of aromatic carboxylic acids is 1. The van der Waals surface area contributed by atoms with Gasteiger partial charge in [-0.2, -0.15) is 0 Å². The van der Waals surface area contributed by atoms with Crippen molar-refractivity contribution >= 4 is 5.97 Å². The molecule has 0 bridgehead atoms. The summed E-state index contributed by atoms with van der Waals surface area (Å²) >= 11 is 0. The zero-order valence-corrected chi connectivity index (χ0v) is 10.6. The van der Waals surface area contributed by atoms with Crippen LogP contribution in [0, 0.1) is 5.41 Å². The second-order valence-corrected chi connectivity index (χ2v) is 5.82. The van der Waals surface area contributed by atoms with E-state index in [9.17, 15) is 4.79 Å². The Kier molecular flexibility index (Phi) is 2.86. The van der Waals surface area contributed by atoms with Crippen molar-refractivity contribution in [3.63, 3.8) is 0 Å². The number of carboxylic acid groups (broad SMARTS) is 1. The maximum Gasteiger partial charge on any atom is 0.335 e. The number of likely N-dealkylation sites (tertiary alicyclic amines) is 1. The minimum atomic E-state index is -0.851. The molecule has 3 rings (SSSR count). The number of hydrogen-bond donors (Lipinski definition) is 1. The summed E-state index contributed by atoms with van der Waals surface area (Å²) in [6.45, 7) is 3.66. The van der Waals surface area contributed by atoms with Gasteiger partial charge >= 0.3 is 5.97 Å². The molecule has 2 fully saturated rings. The fourth-order valence-corrected chi connectivity index (χ4v) is 3.15. The van der Waals surface area contributed by atoms with E-state index in [1.54, 1.807) is 12.1 Å². The maximum atomic E-state index is 10.7. The van der Waals surface area contributed by atoms with Gasteiger partial charge < -0.3 is 10.0 Å². The van der Waals surface area contributed by atoms with E-state index in [2.05, 4.69) is 4.90 Å². The first-order chi connectivity index (χ1) is 8.67. The van der Waals surface area contributed by atoms with E-state index < -0.39 is 5.97 Å². The number of benzene rings is 1. The van der Waals surface area contributed by atoms with Crippen molar-refractivity contribution < 1.29 is 9.90 Å². The summed E-state index contributed by atoms with van der Waals surface area (Å²) in [7, 11) is 0. The van der Waals surface area contributed by atoms with Crippen LogP contribution in [-0.2, 0) is 6.42 Å². The summed E-state index contributed by atoms with van der Waals surface area (Å²) in [4.78, 5) is 13.3. The Bertz CT molecular complexity index is 440. The van der Waals surface area contributed by atoms with Crippen LogP contribution in [0.3, 0.4) is 0 Å². The Morgan fingerprint density at radius 1 is 1.22 bits per heavy atom. The summed E-state index contributed by atoms with van der Waals surface area (Å²) < 4.78 is 0. The fraction of sp³-hybridized carbons (Fsp3) is 0.533. The van der Waals surface area contributed by atoms with Crippen molar-refractivity contribution in [1.29, 1.82) is 0 Å². The molecule has 0 atom stereocenters. The molecule has 3 heteroatoms. The van der Waals surface area contributed by atoms with Crippen LogP contribution in [0.15, 0.2) is 24.3 Å². The SMILES string of the molecule is O=C(O)c1ccc(CCN2CC3(CCC3)C2)cc1. The monoisotopic (exact) mass is 245 g/mol. The molecule has 1 heterocycles. The fourth-order valence-electron chi connectivity index (χ4n) is 3.15. The summed E-state index contributed by atoms with van der Waals surface area (Å²) in [6, 6.07) is 7.26. The zero-order valence-electron chi connectivity index (χ0n) is 10.6. The number of hydrogen-bond acceptors (Lipinski definition) is 2. The second-order valence-electron chi connectivity index (χ2n) is 5.82. The number of rotatable bonds is 4. The normalized spacial score (nSPS) is 21.3. The van der Waals surface area contributed by atoms with Crippen molar-refractivity contribution in [3.8, 4) is 0 Å². The number of nitrogens with zero attached hydrogens (tertiary/aromatic N) is 1. The zero-order chi connectivity index (χ0) is 12.6. The van der Waals surface area contributed by atoms with Crippen LogP contribution in [0.2, 0.25) is 0 Å². The third-order valence-corrected chi connectivity index (χ3v) is 4.45. The van der Waals surface area contributed by atoms with E-state index in [4.69, 9.17) is 5.11 Å². The molecule has 0 amide bonds. The highest BCUT2D eigenvalue weighted by atomic mass is 16.4. The lowest BCUT2D eigenvalue weighted by Gasteiger charge is -2.56. The predicted molar refractivity (Wildman–Crippen MR) is 69.8 cm³/mol. The Hall–Kier alpha value is -1.35. The molecule has 1 spiro atoms. The van der Waals surface area contributed by atoms with Gasteiger partial charge in [-0.25, -0.2) is 4.79 Å². The molecule has 1 saturated carbocycles. The van der Waals surface area contributed by atoms with Gasteiger partial charge in [-0.1, -0.05) is 18.6 Å². The highest BCUT2D eigenvalue weighted by molar-refractivity contribution is 5.87. The van der Waals surface area contributed by atoms with Crippen LogP contribution in [0.5, 0.6) is 0 Å². The van der Waals surface area contributed by atoms with Gasteiger partial charge in [0, 0.05) is 19.6 Å². The average molecular weight is 245 g/mol. The Balaban J connectivity index is 1.47. The van der Waals surface area contributed by atoms with Crippen LogP contribution in [-0.4, -0.2) is 35.6 Å². The molecular weight excluding hydrogens is 226 g/mol. The van der Waals surface area contributed by atoms with E-state index in [1.165, 1.54) is 37.9 Å². The summed E-state index contributed by atoms with van der Waals surface area (Å²) in [6.07, 6.45) is 5.30. The molecule has 0 radical (unpaired) electrons. The van der Waals surface area contributed by atoms with Crippen molar-refractivity contribution in [3.05, 3.63) is 35.4 Å². The van der Waals surface area contributed by atoms with Crippen LogP contribution in [0.1, 0.15) is 35.2 Å². The summed E-state index contributed by atoms with van der Waals surface area (Å²) in [5, 5.41) is 8.82. The minimum Gasteiger partial charge on any atom is -0.478 e. The summed E-state index contributed by atoms with van der Waals surface area (Å²) in [5.74, 6) is -0.851. The van der Waals surface area contributed by atoms with Gasteiger partial charge in [0.05, 0.1) is 5.56 Å². The van der Waals surface area contributed by atoms with E-state index in [0.29, 0.717) is 11.0 Å². The molecular formula is C15H19NO2. The lowest BCUT2D eigenvalue weighted by molar-refractivity contribution is -0.0586. The molecule has 18 heavy (non-hydrogen) atoms. The average Bonchev–Trinajstić information content (AvgIpc) is 2.25. The first-order valence-corrected chi connectivity index (χ1v) is 6.72. The molecule has 1 aromatic carbocycles. The van der Waals surface area contributed by atoms with E-state index >= 15 is 0 Å². The minimum absolute atomic E-state index is 0.371. The van der Waals surface area contributed by atoms with Crippen molar-refractivity contribution in [1.82, 2.24) is 4.90 Å². The lowest BCUT2D eigenvalue weighted by Crippen LogP contribution is -2.59. The van der Waals surface area contributed by atoms with Crippen LogP contribution in [0.25, 0.3) is 0 Å². The standard InChI is InChI=1S/C15H19NO2/c17-14(18)13-4-2-12(3-5-13)6-9-16-10-15(11-16)7-1-8-15/h2-5H,1,6-11H2,(H,17,18). The van der Waals surface area contributed by atoms with Crippen molar-refractivity contribution in [2.75, 3.05) is 19.6 Å². The largest absolute Gasteiger partial charge is 0.478 e. The molecule has 1 aliphatic carbocycles. The molecule has 1 aliphatic heterocycles. The first kappa shape index (κ1) is 11.7. The molecule has 1 saturated heterocycles. The smallest absolute Gasteiger partial charge is 0.335 e. The third kappa shape index (κ3) is 2.15. The maximum absolute atomic E-state index is 10.7. The van der Waals surface area contributed by atoms with Gasteiger partial charge in [-0.3, -0.25) is 0 Å². The highest BCUT2D eigenvalue weighted by Crippen LogP contribution is 2.47. The molecule has 0 unspecified atom stereocenters. The Morgan fingerprint density at radius 3 is 2.39 bits per heavy atom. The van der Waals surface area contributed by atoms with E-state index in [0.717, 1.165) is 13.0 Å². The molecule has 96 valence electrons. The highest BCUT2D eigenvalue weighted by Gasteiger charge is 2.46. The van der Waals surface area contributed by atoms with E-state index in [-0.39, 0.29) is 0 Å². The van der Waals surface area contributed by atoms with Gasteiger partial charge in [0.15, 0.2) is 0 Å². The molecule has 1 aromatic rings. The van der Waals surface area contributed by atoms with Gasteiger partial charge in [0.2, 0.25) is 0 Å². The second kappa shape index (κ2) is 4.39. The van der Waals surface area contributed by atoms with Gasteiger partial charge in [0.1, 0.15) is 0 Å². The van der Waals surface area contributed by atoms with Crippen LogP contribution < -0.4 is 0 Å².